The predicted octanol–water partition coefficient (Wildman–Crippen LogP) is 3.24. The molecule has 0 bridgehead atoms. The number of ketones is 1. The van der Waals surface area contributed by atoms with Gasteiger partial charge in [0.05, 0.1) is 16.9 Å². The van der Waals surface area contributed by atoms with Crippen molar-refractivity contribution in [1.82, 2.24) is 20.0 Å². The summed E-state index contributed by atoms with van der Waals surface area (Å²) in [5, 5.41) is 7.72. The van der Waals surface area contributed by atoms with Crippen LogP contribution in [-0.2, 0) is 4.79 Å². The number of hydrogen-bond acceptors (Lipinski definition) is 5. The molecule has 4 rings (SSSR count). The Bertz CT molecular complexity index is 1120. The first-order chi connectivity index (χ1) is 15.5. The smallest absolute Gasteiger partial charge is 0.242 e. The number of aryl methyl sites for hydroxylation is 1. The van der Waals surface area contributed by atoms with Crippen LogP contribution in [-0.4, -0.2) is 52.6 Å². The Morgan fingerprint density at radius 3 is 2.59 bits per heavy atom. The molecule has 1 fully saturated rings. The van der Waals surface area contributed by atoms with E-state index in [9.17, 15) is 9.59 Å². The Morgan fingerprint density at radius 2 is 1.84 bits per heavy atom. The third kappa shape index (κ3) is 4.29. The minimum atomic E-state index is -0.437. The van der Waals surface area contributed by atoms with E-state index in [1.165, 1.54) is 6.92 Å². The van der Waals surface area contributed by atoms with Crippen molar-refractivity contribution in [2.45, 2.75) is 26.8 Å². The van der Waals surface area contributed by atoms with Gasteiger partial charge in [0.2, 0.25) is 5.91 Å². The number of Topliss-reactive ketones (excluding diaryl/α,β-unsaturated/α-hetero) is 1. The Hall–Kier alpha value is -3.45. The van der Waals surface area contributed by atoms with Crippen LogP contribution in [0.1, 0.15) is 40.3 Å². The molecule has 0 spiro atoms. The highest BCUT2D eigenvalue weighted by Gasteiger charge is 2.35. The number of ether oxygens (including phenoxy) is 1. The summed E-state index contributed by atoms with van der Waals surface area (Å²) in [5.41, 5.74) is 4.24. The molecule has 1 saturated heterocycles. The van der Waals surface area contributed by atoms with E-state index >= 15 is 0 Å². The van der Waals surface area contributed by atoms with Gasteiger partial charge in [0, 0.05) is 30.9 Å². The maximum atomic E-state index is 13.0. The molecule has 0 aliphatic carbocycles. The molecule has 1 aromatic heterocycles. The van der Waals surface area contributed by atoms with Crippen LogP contribution < -0.4 is 10.1 Å². The number of piperazine rings is 1. The first-order valence-corrected chi connectivity index (χ1v) is 10.8. The molecule has 7 nitrogen and oxygen atoms in total. The largest absolute Gasteiger partial charge is 0.491 e. The quantitative estimate of drug-likeness (QED) is 0.580. The number of nitrogens with one attached hydrogen (secondary N) is 1. The lowest BCUT2D eigenvalue weighted by molar-refractivity contribution is -0.129. The molecule has 3 aromatic rings. The minimum Gasteiger partial charge on any atom is -0.491 e. The zero-order valence-corrected chi connectivity index (χ0v) is 18.7. The van der Waals surface area contributed by atoms with Crippen LogP contribution >= 0.6 is 0 Å². The first-order valence-electron chi connectivity index (χ1n) is 10.8. The van der Waals surface area contributed by atoms with Gasteiger partial charge in [-0.25, -0.2) is 4.68 Å². The van der Waals surface area contributed by atoms with E-state index in [2.05, 4.69) is 10.2 Å². The lowest BCUT2D eigenvalue weighted by Gasteiger charge is -2.35. The van der Waals surface area contributed by atoms with Crippen LogP contribution in [0.3, 0.4) is 0 Å². The van der Waals surface area contributed by atoms with Crippen molar-refractivity contribution >= 4 is 11.7 Å². The Kier molecular flexibility index (Phi) is 6.37. The second kappa shape index (κ2) is 9.36. The van der Waals surface area contributed by atoms with E-state index in [-0.39, 0.29) is 11.7 Å². The van der Waals surface area contributed by atoms with Crippen molar-refractivity contribution in [3.05, 3.63) is 77.1 Å². The predicted molar refractivity (Wildman–Crippen MR) is 122 cm³/mol. The van der Waals surface area contributed by atoms with Crippen molar-refractivity contribution in [3.63, 3.8) is 0 Å². The lowest BCUT2D eigenvalue weighted by Crippen LogP contribution is -2.51. The van der Waals surface area contributed by atoms with Gasteiger partial charge in [-0.2, -0.15) is 5.10 Å². The molecule has 166 valence electrons. The van der Waals surface area contributed by atoms with Crippen LogP contribution in [0.2, 0.25) is 0 Å². The van der Waals surface area contributed by atoms with Gasteiger partial charge in [0.1, 0.15) is 18.4 Å². The summed E-state index contributed by atoms with van der Waals surface area (Å²) in [5.74, 6) is 0.511. The lowest BCUT2D eigenvalue weighted by atomic mass is 10.0. The number of rotatable bonds is 7. The highest BCUT2D eigenvalue weighted by atomic mass is 16.5. The van der Waals surface area contributed by atoms with Crippen molar-refractivity contribution in [2.24, 2.45) is 0 Å². The normalized spacial score (nSPS) is 16.6. The molecule has 0 saturated carbocycles. The summed E-state index contributed by atoms with van der Waals surface area (Å²) < 4.78 is 7.83. The number of hydrogen-bond donors (Lipinski definition) is 1. The van der Waals surface area contributed by atoms with Crippen LogP contribution in [0.25, 0.3) is 5.69 Å². The number of carbonyl (C=O) groups is 2. The van der Waals surface area contributed by atoms with Crippen molar-refractivity contribution in [3.8, 4) is 11.4 Å². The molecular formula is C25H28N4O3. The fourth-order valence-electron chi connectivity index (χ4n) is 4.30. The molecule has 1 atom stereocenters. The standard InChI is InChI=1S/C25H28N4O3/c1-17-23(18(2)29(27-17)20-9-5-4-6-10-20)24-25(31)26-13-14-28(24)15-16-32-22-12-8-7-11-21(22)19(3)30/h4-12,24H,13-16H2,1-3H3,(H,26,31)/t24-/m0/s1. The minimum absolute atomic E-state index is 0.0285. The van der Waals surface area contributed by atoms with Gasteiger partial charge in [-0.1, -0.05) is 30.3 Å². The van der Waals surface area contributed by atoms with Crippen LogP contribution in [0.15, 0.2) is 54.6 Å². The zero-order chi connectivity index (χ0) is 22.7. The second-order valence-electron chi connectivity index (χ2n) is 7.96. The SMILES string of the molecule is CC(=O)c1ccccc1OCCN1CCNC(=O)[C@@H]1c1c(C)nn(-c2ccccc2)c1C. The average molecular weight is 433 g/mol. The summed E-state index contributed by atoms with van der Waals surface area (Å²) in [6.07, 6.45) is 0. The van der Waals surface area contributed by atoms with Crippen molar-refractivity contribution in [1.29, 1.82) is 0 Å². The number of benzene rings is 2. The van der Waals surface area contributed by atoms with Crippen molar-refractivity contribution < 1.29 is 14.3 Å². The van der Waals surface area contributed by atoms with Crippen LogP contribution in [0.5, 0.6) is 5.75 Å². The summed E-state index contributed by atoms with van der Waals surface area (Å²) in [6.45, 7) is 7.71. The maximum absolute atomic E-state index is 13.0. The third-order valence-electron chi connectivity index (χ3n) is 5.84. The van der Waals surface area contributed by atoms with Gasteiger partial charge >= 0.3 is 0 Å². The third-order valence-corrected chi connectivity index (χ3v) is 5.84. The highest BCUT2D eigenvalue weighted by molar-refractivity contribution is 5.96. The van der Waals surface area contributed by atoms with E-state index in [0.29, 0.717) is 37.6 Å². The van der Waals surface area contributed by atoms with Gasteiger partial charge < -0.3 is 10.1 Å². The molecule has 1 amide bonds. The van der Waals surface area contributed by atoms with Crippen LogP contribution in [0, 0.1) is 13.8 Å². The molecule has 2 heterocycles. The number of amides is 1. The first kappa shape index (κ1) is 21.8. The van der Waals surface area contributed by atoms with Crippen LogP contribution in [0.4, 0.5) is 0 Å². The molecule has 32 heavy (non-hydrogen) atoms. The average Bonchev–Trinajstić information content (AvgIpc) is 3.08. The molecule has 1 aliphatic heterocycles. The fourth-order valence-corrected chi connectivity index (χ4v) is 4.30. The number of aromatic nitrogens is 2. The molecule has 1 aliphatic rings. The van der Waals surface area contributed by atoms with Gasteiger partial charge in [0.15, 0.2) is 5.78 Å². The molecule has 1 N–H and O–H groups in total. The van der Waals surface area contributed by atoms with E-state index in [1.807, 2.05) is 61.0 Å². The fraction of sp³-hybridized carbons (Fsp3) is 0.320. The molecule has 2 aromatic carbocycles. The summed E-state index contributed by atoms with van der Waals surface area (Å²) >= 11 is 0. The Morgan fingerprint density at radius 1 is 1.12 bits per heavy atom. The zero-order valence-electron chi connectivity index (χ0n) is 18.7. The van der Waals surface area contributed by atoms with E-state index in [0.717, 1.165) is 22.6 Å². The van der Waals surface area contributed by atoms with E-state index < -0.39 is 6.04 Å². The molecule has 0 radical (unpaired) electrons. The molecule has 0 unspecified atom stereocenters. The Labute approximate surface area is 188 Å². The highest BCUT2D eigenvalue weighted by Crippen LogP contribution is 2.30. The number of nitrogens with zero attached hydrogens (tertiary/aromatic N) is 3. The Balaban J connectivity index is 1.56. The van der Waals surface area contributed by atoms with Gasteiger partial charge in [-0.15, -0.1) is 0 Å². The summed E-state index contributed by atoms with van der Waals surface area (Å²) in [6, 6.07) is 16.7. The maximum Gasteiger partial charge on any atom is 0.242 e. The summed E-state index contributed by atoms with van der Waals surface area (Å²) in [7, 11) is 0. The summed E-state index contributed by atoms with van der Waals surface area (Å²) in [4.78, 5) is 26.9. The van der Waals surface area contributed by atoms with E-state index in [4.69, 9.17) is 9.84 Å². The molecular weight excluding hydrogens is 404 g/mol. The molecule has 7 heteroatoms. The van der Waals surface area contributed by atoms with E-state index in [1.54, 1.807) is 12.1 Å². The topological polar surface area (TPSA) is 76.5 Å². The number of carbonyl (C=O) groups excluding carboxylic acids is 2. The van der Waals surface area contributed by atoms with Crippen molar-refractivity contribution in [2.75, 3.05) is 26.2 Å². The van der Waals surface area contributed by atoms with Gasteiger partial charge in [0.25, 0.3) is 0 Å². The number of para-hydroxylation sites is 2. The van der Waals surface area contributed by atoms with Gasteiger partial charge in [-0.05, 0) is 45.0 Å². The monoisotopic (exact) mass is 432 g/mol. The second-order valence-corrected chi connectivity index (χ2v) is 7.96. The van der Waals surface area contributed by atoms with Gasteiger partial charge in [-0.3, -0.25) is 14.5 Å².